The van der Waals surface area contributed by atoms with Gasteiger partial charge in [0.1, 0.15) is 16.1 Å². The molecule has 0 aromatic carbocycles. The van der Waals surface area contributed by atoms with Crippen LogP contribution in [0.1, 0.15) is 11.5 Å². The summed E-state index contributed by atoms with van der Waals surface area (Å²) >= 11 is 3.17. The molecular weight excluding hydrogens is 322 g/mol. The van der Waals surface area contributed by atoms with E-state index in [0.29, 0.717) is 10.3 Å². The molecule has 0 aliphatic rings. The van der Waals surface area contributed by atoms with Crippen molar-refractivity contribution in [3.63, 3.8) is 0 Å². The van der Waals surface area contributed by atoms with Crippen molar-refractivity contribution in [1.82, 2.24) is 10.1 Å². The number of halogens is 1. The fourth-order valence-electron chi connectivity index (χ4n) is 1.51. The van der Waals surface area contributed by atoms with Gasteiger partial charge >= 0.3 is 0 Å². The Bertz CT molecular complexity index is 662. The van der Waals surface area contributed by atoms with E-state index in [1.165, 1.54) is 0 Å². The zero-order valence-corrected chi connectivity index (χ0v) is 12.0. The van der Waals surface area contributed by atoms with E-state index in [-0.39, 0.29) is 16.5 Å². The SMILES string of the molecule is Cc1noc(C)c1S(=O)(=O)Nc1cccc(Br)n1. The summed E-state index contributed by atoms with van der Waals surface area (Å²) in [5, 5.41) is 3.62. The molecule has 2 aromatic heterocycles. The summed E-state index contributed by atoms with van der Waals surface area (Å²) in [5.74, 6) is 0.472. The smallest absolute Gasteiger partial charge is 0.268 e. The van der Waals surface area contributed by atoms with E-state index in [1.54, 1.807) is 32.0 Å². The van der Waals surface area contributed by atoms with Crippen molar-refractivity contribution in [3.05, 3.63) is 34.3 Å². The number of anilines is 1. The van der Waals surface area contributed by atoms with Crippen LogP contribution in [0, 0.1) is 13.8 Å². The van der Waals surface area contributed by atoms with Crippen LogP contribution in [0.5, 0.6) is 0 Å². The normalized spacial score (nSPS) is 11.5. The van der Waals surface area contributed by atoms with E-state index in [0.717, 1.165) is 0 Å². The van der Waals surface area contributed by atoms with Gasteiger partial charge in [-0.15, -0.1) is 0 Å². The van der Waals surface area contributed by atoms with Gasteiger partial charge in [-0.2, -0.15) is 0 Å². The van der Waals surface area contributed by atoms with Crippen LogP contribution in [0.15, 0.2) is 32.2 Å². The van der Waals surface area contributed by atoms with Gasteiger partial charge in [-0.25, -0.2) is 13.4 Å². The first-order valence-corrected chi connectivity index (χ1v) is 7.26. The van der Waals surface area contributed by atoms with Gasteiger partial charge in [0.25, 0.3) is 10.0 Å². The first-order valence-electron chi connectivity index (χ1n) is 4.98. The minimum absolute atomic E-state index is 0.0456. The van der Waals surface area contributed by atoms with Crippen LogP contribution in [0.4, 0.5) is 5.82 Å². The van der Waals surface area contributed by atoms with Crippen LogP contribution < -0.4 is 4.72 Å². The number of rotatable bonds is 3. The Balaban J connectivity index is 2.39. The van der Waals surface area contributed by atoms with Crippen LogP contribution in [-0.2, 0) is 10.0 Å². The van der Waals surface area contributed by atoms with Gasteiger partial charge in [0.15, 0.2) is 10.7 Å². The molecule has 0 fully saturated rings. The van der Waals surface area contributed by atoms with Gasteiger partial charge in [0.05, 0.1) is 0 Å². The molecular formula is C10H10BrN3O3S. The van der Waals surface area contributed by atoms with Crippen molar-refractivity contribution in [3.8, 4) is 0 Å². The molecule has 0 saturated carbocycles. The molecule has 0 unspecified atom stereocenters. The molecule has 0 radical (unpaired) electrons. The second kappa shape index (κ2) is 4.69. The maximum Gasteiger partial charge on any atom is 0.268 e. The van der Waals surface area contributed by atoms with E-state index in [2.05, 4.69) is 30.8 Å². The largest absolute Gasteiger partial charge is 0.360 e. The van der Waals surface area contributed by atoms with Gasteiger partial charge < -0.3 is 4.52 Å². The van der Waals surface area contributed by atoms with E-state index in [1.807, 2.05) is 0 Å². The lowest BCUT2D eigenvalue weighted by Gasteiger charge is -2.06. The van der Waals surface area contributed by atoms with Crippen molar-refractivity contribution in [2.45, 2.75) is 18.7 Å². The van der Waals surface area contributed by atoms with Crippen LogP contribution in [0.25, 0.3) is 0 Å². The Kier molecular flexibility index (Phi) is 3.40. The summed E-state index contributed by atoms with van der Waals surface area (Å²) in [6.45, 7) is 3.11. The molecule has 8 heteroatoms. The molecule has 18 heavy (non-hydrogen) atoms. The molecule has 0 atom stereocenters. The van der Waals surface area contributed by atoms with Gasteiger partial charge in [0.2, 0.25) is 0 Å². The molecule has 1 N–H and O–H groups in total. The van der Waals surface area contributed by atoms with E-state index in [9.17, 15) is 8.42 Å². The molecule has 0 saturated heterocycles. The molecule has 0 amide bonds. The van der Waals surface area contributed by atoms with E-state index < -0.39 is 10.0 Å². The highest BCUT2D eigenvalue weighted by atomic mass is 79.9. The minimum atomic E-state index is -3.74. The highest BCUT2D eigenvalue weighted by Gasteiger charge is 2.24. The van der Waals surface area contributed by atoms with Crippen LogP contribution >= 0.6 is 15.9 Å². The Labute approximate surface area is 113 Å². The monoisotopic (exact) mass is 331 g/mol. The molecule has 6 nitrogen and oxygen atoms in total. The average Bonchev–Trinajstić information content (AvgIpc) is 2.58. The summed E-state index contributed by atoms with van der Waals surface area (Å²) in [5.41, 5.74) is 0.315. The van der Waals surface area contributed by atoms with Crippen molar-refractivity contribution in [2.75, 3.05) is 4.72 Å². The summed E-state index contributed by atoms with van der Waals surface area (Å²) in [6.07, 6.45) is 0. The van der Waals surface area contributed by atoms with Crippen molar-refractivity contribution >= 4 is 31.8 Å². The zero-order valence-electron chi connectivity index (χ0n) is 9.64. The van der Waals surface area contributed by atoms with Gasteiger partial charge in [-0.05, 0) is 41.9 Å². The molecule has 96 valence electrons. The fraction of sp³-hybridized carbons (Fsp3) is 0.200. The predicted molar refractivity (Wildman–Crippen MR) is 68.7 cm³/mol. The molecule has 2 heterocycles. The van der Waals surface area contributed by atoms with Crippen LogP contribution in [0.2, 0.25) is 0 Å². The number of hydrogen-bond donors (Lipinski definition) is 1. The third-order valence-corrected chi connectivity index (χ3v) is 4.23. The van der Waals surface area contributed by atoms with Crippen LogP contribution in [-0.4, -0.2) is 18.6 Å². The Hall–Kier alpha value is -1.41. The molecule has 0 aliphatic carbocycles. The average molecular weight is 332 g/mol. The topological polar surface area (TPSA) is 85.1 Å². The number of pyridine rings is 1. The van der Waals surface area contributed by atoms with Crippen molar-refractivity contribution in [2.24, 2.45) is 0 Å². The van der Waals surface area contributed by atoms with Crippen molar-refractivity contribution in [1.29, 1.82) is 0 Å². The Morgan fingerprint density at radius 1 is 1.33 bits per heavy atom. The molecule has 0 spiro atoms. The summed E-state index contributed by atoms with van der Waals surface area (Å²) in [7, 11) is -3.74. The standard InChI is InChI=1S/C10H10BrN3O3S/c1-6-10(7(2)17-13-6)18(15,16)14-9-5-3-4-8(11)12-9/h3-5H,1-2H3,(H,12,14). The lowest BCUT2D eigenvalue weighted by atomic mass is 10.4. The summed E-state index contributed by atoms with van der Waals surface area (Å²) < 4.78 is 32.1. The predicted octanol–water partition coefficient (Wildman–Crippen LogP) is 2.25. The number of hydrogen-bond acceptors (Lipinski definition) is 5. The Morgan fingerprint density at radius 3 is 2.61 bits per heavy atom. The second-order valence-electron chi connectivity index (χ2n) is 3.60. The van der Waals surface area contributed by atoms with Gasteiger partial charge in [-0.1, -0.05) is 11.2 Å². The maximum absolute atomic E-state index is 12.1. The maximum atomic E-state index is 12.1. The lowest BCUT2D eigenvalue weighted by Crippen LogP contribution is -2.15. The minimum Gasteiger partial charge on any atom is -0.360 e. The summed E-state index contributed by atoms with van der Waals surface area (Å²) in [6, 6.07) is 4.94. The van der Waals surface area contributed by atoms with Crippen molar-refractivity contribution < 1.29 is 12.9 Å². The Morgan fingerprint density at radius 2 is 2.06 bits per heavy atom. The first-order chi connectivity index (χ1) is 8.40. The zero-order chi connectivity index (χ0) is 13.3. The third kappa shape index (κ3) is 2.54. The van der Waals surface area contributed by atoms with E-state index in [4.69, 9.17) is 4.52 Å². The van der Waals surface area contributed by atoms with Gasteiger partial charge in [0, 0.05) is 0 Å². The lowest BCUT2D eigenvalue weighted by molar-refractivity contribution is 0.390. The van der Waals surface area contributed by atoms with Gasteiger partial charge in [-0.3, -0.25) is 4.72 Å². The second-order valence-corrected chi connectivity index (χ2v) is 6.04. The number of sulfonamides is 1. The number of nitrogens with zero attached hydrogens (tertiary/aromatic N) is 2. The molecule has 0 bridgehead atoms. The highest BCUT2D eigenvalue weighted by molar-refractivity contribution is 9.10. The number of nitrogens with one attached hydrogen (secondary N) is 1. The molecule has 2 rings (SSSR count). The van der Waals surface area contributed by atoms with Crippen LogP contribution in [0.3, 0.4) is 0 Å². The quantitative estimate of drug-likeness (QED) is 0.872. The summed E-state index contributed by atoms with van der Waals surface area (Å²) in [4.78, 5) is 4.05. The third-order valence-electron chi connectivity index (χ3n) is 2.19. The fourth-order valence-corrected chi connectivity index (χ4v) is 3.19. The molecule has 2 aromatic rings. The van der Waals surface area contributed by atoms with E-state index >= 15 is 0 Å². The first kappa shape index (κ1) is 13.0. The number of aryl methyl sites for hydroxylation is 2. The highest BCUT2D eigenvalue weighted by Crippen LogP contribution is 2.22. The molecule has 0 aliphatic heterocycles. The number of aromatic nitrogens is 2.